The lowest BCUT2D eigenvalue weighted by Crippen LogP contribution is -2.04. The Morgan fingerprint density at radius 2 is 2.07 bits per heavy atom. The Balaban J connectivity index is 2.40. The number of hydrogen-bond donors (Lipinski definition) is 1. The number of rotatable bonds is 5. The molecule has 0 aromatic heterocycles. The van der Waals surface area contributed by atoms with Crippen molar-refractivity contribution in [3.8, 4) is 18.1 Å². The quantitative estimate of drug-likeness (QED) is 0.589. The van der Waals surface area contributed by atoms with Crippen LogP contribution in [0.2, 0.25) is 0 Å². The van der Waals surface area contributed by atoms with Crippen LogP contribution >= 0.6 is 0 Å². The lowest BCUT2D eigenvalue weighted by atomic mass is 10.1. The minimum atomic E-state index is 0.0699. The summed E-state index contributed by atoms with van der Waals surface area (Å²) in [5, 5.41) is 0. The van der Waals surface area contributed by atoms with Crippen molar-refractivity contribution in [3.63, 3.8) is 0 Å². The Labute approximate surface area is 91.4 Å². The summed E-state index contributed by atoms with van der Waals surface area (Å²) in [5.41, 5.74) is 6.86. The van der Waals surface area contributed by atoms with Crippen LogP contribution in [-0.2, 0) is 0 Å². The third-order valence-corrected chi connectivity index (χ3v) is 2.14. The second kappa shape index (κ2) is 6.10. The van der Waals surface area contributed by atoms with Crippen LogP contribution in [0.4, 0.5) is 0 Å². The zero-order valence-electron chi connectivity index (χ0n) is 9.07. The number of hydrogen-bond acceptors (Lipinski definition) is 2. The van der Waals surface area contributed by atoms with Gasteiger partial charge in [0.15, 0.2) is 0 Å². The first-order chi connectivity index (χ1) is 7.24. The van der Waals surface area contributed by atoms with Gasteiger partial charge in [0.25, 0.3) is 0 Å². The molecule has 0 fully saturated rings. The van der Waals surface area contributed by atoms with E-state index < -0.39 is 0 Å². The fourth-order valence-electron chi connectivity index (χ4n) is 1.23. The number of benzene rings is 1. The molecule has 1 aromatic carbocycles. The molecule has 2 N–H and O–H groups in total. The average molecular weight is 203 g/mol. The van der Waals surface area contributed by atoms with E-state index in [1.54, 1.807) is 0 Å². The Morgan fingerprint density at radius 1 is 1.40 bits per heavy atom. The molecule has 1 rings (SSSR count). The molecule has 0 aliphatic carbocycles. The predicted octanol–water partition coefficient (Wildman–Crippen LogP) is 2.50. The largest absolute Gasteiger partial charge is 0.494 e. The first-order valence-electron chi connectivity index (χ1n) is 5.16. The van der Waals surface area contributed by atoms with Gasteiger partial charge in [0.05, 0.1) is 6.61 Å². The van der Waals surface area contributed by atoms with Crippen LogP contribution in [0.5, 0.6) is 5.75 Å². The minimum Gasteiger partial charge on any atom is -0.494 e. The second-order valence-corrected chi connectivity index (χ2v) is 3.51. The van der Waals surface area contributed by atoms with Crippen molar-refractivity contribution in [2.45, 2.75) is 25.8 Å². The van der Waals surface area contributed by atoms with Gasteiger partial charge < -0.3 is 10.5 Å². The SMILES string of the molecule is C#CCCCOc1ccc([C@H](C)N)cc1. The van der Waals surface area contributed by atoms with Crippen molar-refractivity contribution in [1.29, 1.82) is 0 Å². The van der Waals surface area contributed by atoms with Crippen molar-refractivity contribution >= 4 is 0 Å². The van der Waals surface area contributed by atoms with Gasteiger partial charge >= 0.3 is 0 Å². The number of unbranched alkanes of at least 4 members (excludes halogenated alkanes) is 1. The summed E-state index contributed by atoms with van der Waals surface area (Å²) in [6.45, 7) is 2.63. The average Bonchev–Trinajstić information content (AvgIpc) is 2.25. The van der Waals surface area contributed by atoms with Crippen LogP contribution in [-0.4, -0.2) is 6.61 Å². The van der Waals surface area contributed by atoms with Crippen molar-refractivity contribution in [2.24, 2.45) is 5.73 Å². The van der Waals surface area contributed by atoms with Gasteiger partial charge in [-0.15, -0.1) is 12.3 Å². The zero-order chi connectivity index (χ0) is 11.1. The van der Waals surface area contributed by atoms with Gasteiger partial charge in [0.2, 0.25) is 0 Å². The highest BCUT2D eigenvalue weighted by atomic mass is 16.5. The van der Waals surface area contributed by atoms with Crippen LogP contribution in [0.15, 0.2) is 24.3 Å². The number of nitrogens with two attached hydrogens (primary N) is 1. The van der Waals surface area contributed by atoms with E-state index in [2.05, 4.69) is 5.92 Å². The van der Waals surface area contributed by atoms with E-state index in [0.29, 0.717) is 6.61 Å². The second-order valence-electron chi connectivity index (χ2n) is 3.51. The van der Waals surface area contributed by atoms with E-state index in [0.717, 1.165) is 24.2 Å². The van der Waals surface area contributed by atoms with Crippen LogP contribution in [0, 0.1) is 12.3 Å². The molecular weight excluding hydrogens is 186 g/mol. The van der Waals surface area contributed by atoms with E-state index in [-0.39, 0.29) is 6.04 Å². The predicted molar refractivity (Wildman–Crippen MR) is 62.6 cm³/mol. The highest BCUT2D eigenvalue weighted by Crippen LogP contribution is 2.16. The molecule has 0 amide bonds. The Bertz CT molecular complexity index is 321. The van der Waals surface area contributed by atoms with E-state index in [9.17, 15) is 0 Å². The molecule has 2 heteroatoms. The molecule has 0 aliphatic heterocycles. The van der Waals surface area contributed by atoms with Crippen molar-refractivity contribution in [1.82, 2.24) is 0 Å². The van der Waals surface area contributed by atoms with E-state index >= 15 is 0 Å². The lowest BCUT2D eigenvalue weighted by molar-refractivity contribution is 0.313. The Hall–Kier alpha value is -1.46. The standard InChI is InChI=1S/C13H17NO/c1-3-4-5-10-15-13-8-6-12(7-9-13)11(2)14/h1,6-9,11H,4-5,10,14H2,2H3/t11-/m0/s1. The molecule has 0 saturated heterocycles. The van der Waals surface area contributed by atoms with E-state index in [1.165, 1.54) is 0 Å². The summed E-state index contributed by atoms with van der Waals surface area (Å²) in [6, 6.07) is 7.92. The smallest absolute Gasteiger partial charge is 0.119 e. The first kappa shape index (κ1) is 11.6. The van der Waals surface area contributed by atoms with Gasteiger partial charge in [0.1, 0.15) is 5.75 Å². The third-order valence-electron chi connectivity index (χ3n) is 2.14. The monoisotopic (exact) mass is 203 g/mol. The molecule has 0 spiro atoms. The summed E-state index contributed by atoms with van der Waals surface area (Å²) in [5.74, 6) is 3.45. The molecular formula is C13H17NO. The topological polar surface area (TPSA) is 35.2 Å². The molecule has 0 aliphatic rings. The highest BCUT2D eigenvalue weighted by molar-refractivity contribution is 5.28. The molecule has 80 valence electrons. The molecule has 0 saturated carbocycles. The summed E-state index contributed by atoms with van der Waals surface area (Å²) >= 11 is 0. The Kier molecular flexibility index (Phi) is 4.73. The minimum absolute atomic E-state index is 0.0699. The summed E-state index contributed by atoms with van der Waals surface area (Å²) in [4.78, 5) is 0. The van der Waals surface area contributed by atoms with Gasteiger partial charge in [-0.25, -0.2) is 0 Å². The maximum absolute atomic E-state index is 5.74. The van der Waals surface area contributed by atoms with Crippen LogP contribution in [0.3, 0.4) is 0 Å². The van der Waals surface area contributed by atoms with Gasteiger partial charge in [-0.2, -0.15) is 0 Å². The molecule has 0 bridgehead atoms. The molecule has 0 heterocycles. The maximum Gasteiger partial charge on any atom is 0.119 e. The van der Waals surface area contributed by atoms with Crippen LogP contribution in [0.25, 0.3) is 0 Å². The van der Waals surface area contributed by atoms with Crippen molar-refractivity contribution in [2.75, 3.05) is 6.61 Å². The fraction of sp³-hybridized carbons (Fsp3) is 0.385. The Morgan fingerprint density at radius 3 is 2.60 bits per heavy atom. The maximum atomic E-state index is 5.74. The number of terminal acetylenes is 1. The normalized spacial score (nSPS) is 11.8. The lowest BCUT2D eigenvalue weighted by Gasteiger charge is -2.08. The van der Waals surface area contributed by atoms with Crippen molar-refractivity contribution in [3.05, 3.63) is 29.8 Å². The highest BCUT2D eigenvalue weighted by Gasteiger charge is 1.99. The molecule has 0 unspecified atom stereocenters. The van der Waals surface area contributed by atoms with Gasteiger partial charge in [-0.3, -0.25) is 0 Å². The van der Waals surface area contributed by atoms with Gasteiger partial charge in [0, 0.05) is 12.5 Å². The summed E-state index contributed by atoms with van der Waals surface area (Å²) < 4.78 is 5.51. The third kappa shape index (κ3) is 4.05. The molecule has 2 nitrogen and oxygen atoms in total. The molecule has 15 heavy (non-hydrogen) atoms. The molecule has 0 radical (unpaired) electrons. The van der Waals surface area contributed by atoms with E-state index in [4.69, 9.17) is 16.9 Å². The van der Waals surface area contributed by atoms with Crippen LogP contribution in [0.1, 0.15) is 31.4 Å². The summed E-state index contributed by atoms with van der Waals surface area (Å²) in [7, 11) is 0. The van der Waals surface area contributed by atoms with Gasteiger partial charge in [-0.05, 0) is 31.0 Å². The zero-order valence-corrected chi connectivity index (χ0v) is 9.07. The molecule has 1 aromatic rings. The summed E-state index contributed by atoms with van der Waals surface area (Å²) in [6.07, 6.45) is 6.80. The number of ether oxygens (including phenoxy) is 1. The van der Waals surface area contributed by atoms with Crippen molar-refractivity contribution < 1.29 is 4.74 Å². The van der Waals surface area contributed by atoms with E-state index in [1.807, 2.05) is 31.2 Å². The van der Waals surface area contributed by atoms with Gasteiger partial charge in [-0.1, -0.05) is 12.1 Å². The molecule has 1 atom stereocenters. The van der Waals surface area contributed by atoms with Crippen LogP contribution < -0.4 is 10.5 Å². The fourth-order valence-corrected chi connectivity index (χ4v) is 1.23. The first-order valence-corrected chi connectivity index (χ1v) is 5.16.